The van der Waals surface area contributed by atoms with E-state index in [1.165, 1.54) is 9.80 Å². The first-order valence-corrected chi connectivity index (χ1v) is 6.82. The van der Waals surface area contributed by atoms with Gasteiger partial charge in [0.15, 0.2) is 0 Å². The van der Waals surface area contributed by atoms with Crippen LogP contribution in [-0.4, -0.2) is 65.5 Å². The van der Waals surface area contributed by atoms with E-state index in [9.17, 15) is 14.4 Å². The molecule has 7 heteroatoms. The second-order valence-electron chi connectivity index (χ2n) is 5.30. The van der Waals surface area contributed by atoms with E-state index < -0.39 is 0 Å². The third-order valence-corrected chi connectivity index (χ3v) is 3.55. The second kappa shape index (κ2) is 7.23. The van der Waals surface area contributed by atoms with Crippen molar-refractivity contribution in [1.82, 2.24) is 15.1 Å². The highest BCUT2D eigenvalue weighted by atomic mass is 16.3. The Labute approximate surface area is 118 Å². The molecule has 0 radical (unpaired) electrons. The fraction of sp³-hybridized carbons (Fsp3) is 0.769. The van der Waals surface area contributed by atoms with E-state index in [4.69, 9.17) is 5.11 Å². The molecule has 0 aromatic carbocycles. The van der Waals surface area contributed by atoms with Crippen molar-refractivity contribution in [2.45, 2.75) is 32.7 Å². The number of hydrogen-bond acceptors (Lipinski definition) is 4. The van der Waals surface area contributed by atoms with Crippen LogP contribution in [0.5, 0.6) is 0 Å². The molecule has 1 fully saturated rings. The van der Waals surface area contributed by atoms with E-state index in [1.807, 2.05) is 13.8 Å². The lowest BCUT2D eigenvalue weighted by Crippen LogP contribution is -2.39. The molecule has 1 saturated heterocycles. The molecule has 0 aromatic heterocycles. The van der Waals surface area contributed by atoms with E-state index in [0.29, 0.717) is 6.42 Å². The molecule has 2 atom stereocenters. The van der Waals surface area contributed by atoms with Crippen LogP contribution in [0, 0.1) is 5.92 Å². The average molecular weight is 285 g/mol. The Bertz CT molecular complexity index is 386. The number of urea groups is 1. The number of hydrogen-bond donors (Lipinski definition) is 2. The molecular weight excluding hydrogens is 262 g/mol. The predicted molar refractivity (Wildman–Crippen MR) is 72.8 cm³/mol. The molecule has 1 aliphatic rings. The van der Waals surface area contributed by atoms with Crippen molar-refractivity contribution in [1.29, 1.82) is 0 Å². The van der Waals surface area contributed by atoms with Crippen molar-refractivity contribution in [2.24, 2.45) is 5.92 Å². The summed E-state index contributed by atoms with van der Waals surface area (Å²) in [7, 11) is 1.57. The number of nitrogens with one attached hydrogen (secondary N) is 1. The number of rotatable bonds is 7. The Morgan fingerprint density at radius 1 is 1.40 bits per heavy atom. The Morgan fingerprint density at radius 2 is 2.05 bits per heavy atom. The summed E-state index contributed by atoms with van der Waals surface area (Å²) in [6.45, 7) is 4.07. The van der Waals surface area contributed by atoms with Crippen LogP contribution in [0.25, 0.3) is 0 Å². The van der Waals surface area contributed by atoms with E-state index in [1.54, 1.807) is 7.05 Å². The number of carbonyl (C=O) groups is 3. The summed E-state index contributed by atoms with van der Waals surface area (Å²) in [5.41, 5.74) is 0. The summed E-state index contributed by atoms with van der Waals surface area (Å²) < 4.78 is 0. The van der Waals surface area contributed by atoms with Gasteiger partial charge in [0.05, 0.1) is 0 Å². The van der Waals surface area contributed by atoms with Crippen molar-refractivity contribution in [3.63, 3.8) is 0 Å². The molecule has 0 aliphatic carbocycles. The molecule has 1 heterocycles. The van der Waals surface area contributed by atoms with Crippen LogP contribution >= 0.6 is 0 Å². The van der Waals surface area contributed by atoms with Crippen molar-refractivity contribution in [3.05, 3.63) is 0 Å². The van der Waals surface area contributed by atoms with Crippen LogP contribution < -0.4 is 5.32 Å². The number of carbonyl (C=O) groups excluding carboxylic acids is 3. The smallest absolute Gasteiger partial charge is 0.326 e. The van der Waals surface area contributed by atoms with Crippen molar-refractivity contribution in [3.8, 4) is 0 Å². The molecule has 4 amide bonds. The average Bonchev–Trinajstić information content (AvgIpc) is 2.63. The third kappa shape index (κ3) is 4.19. The van der Waals surface area contributed by atoms with Gasteiger partial charge >= 0.3 is 6.03 Å². The molecule has 0 spiro atoms. The van der Waals surface area contributed by atoms with Gasteiger partial charge < -0.3 is 15.3 Å². The highest BCUT2D eigenvalue weighted by molar-refractivity contribution is 6.01. The zero-order chi connectivity index (χ0) is 15.3. The molecular formula is C13H23N3O4. The van der Waals surface area contributed by atoms with E-state index >= 15 is 0 Å². The Kier molecular flexibility index (Phi) is 5.94. The SMILES string of the molecule is CC(CO)C(C)NC(=O)CCCN1C(=O)CN(C)C1=O. The monoisotopic (exact) mass is 285 g/mol. The minimum absolute atomic E-state index is 0.00524. The van der Waals surface area contributed by atoms with Crippen LogP contribution in [0.3, 0.4) is 0 Å². The first-order valence-electron chi connectivity index (χ1n) is 6.82. The van der Waals surface area contributed by atoms with Gasteiger partial charge in [0, 0.05) is 32.7 Å². The van der Waals surface area contributed by atoms with Crippen molar-refractivity contribution < 1.29 is 19.5 Å². The van der Waals surface area contributed by atoms with Crippen LogP contribution in [0.4, 0.5) is 4.79 Å². The van der Waals surface area contributed by atoms with Gasteiger partial charge in [-0.2, -0.15) is 0 Å². The zero-order valence-electron chi connectivity index (χ0n) is 12.3. The zero-order valence-corrected chi connectivity index (χ0v) is 12.3. The topological polar surface area (TPSA) is 89.9 Å². The highest BCUT2D eigenvalue weighted by Crippen LogP contribution is 2.09. The summed E-state index contributed by atoms with van der Waals surface area (Å²) in [6, 6.07) is -0.411. The first kappa shape index (κ1) is 16.4. The molecule has 7 nitrogen and oxygen atoms in total. The number of imide groups is 1. The Balaban J connectivity index is 2.29. The highest BCUT2D eigenvalue weighted by Gasteiger charge is 2.32. The lowest BCUT2D eigenvalue weighted by Gasteiger charge is -2.19. The number of amides is 4. The quantitative estimate of drug-likeness (QED) is 0.634. The third-order valence-electron chi connectivity index (χ3n) is 3.55. The molecule has 114 valence electrons. The summed E-state index contributed by atoms with van der Waals surface area (Å²) in [6.07, 6.45) is 0.695. The minimum atomic E-state index is -0.308. The fourth-order valence-corrected chi connectivity index (χ4v) is 1.91. The van der Waals surface area contributed by atoms with Crippen LogP contribution in [0.1, 0.15) is 26.7 Å². The van der Waals surface area contributed by atoms with E-state index in [0.717, 1.165) is 0 Å². The molecule has 0 bridgehead atoms. The normalized spacial score (nSPS) is 18.4. The van der Waals surface area contributed by atoms with Crippen molar-refractivity contribution >= 4 is 17.8 Å². The Hall–Kier alpha value is -1.63. The summed E-state index contributed by atoms with van der Waals surface area (Å²) in [5, 5.41) is 11.8. The van der Waals surface area contributed by atoms with Gasteiger partial charge in [-0.15, -0.1) is 0 Å². The van der Waals surface area contributed by atoms with Gasteiger partial charge in [0.25, 0.3) is 0 Å². The number of aliphatic hydroxyl groups is 1. The lowest BCUT2D eigenvalue weighted by molar-refractivity contribution is -0.126. The summed E-state index contributed by atoms with van der Waals surface area (Å²) in [4.78, 5) is 37.3. The number of likely N-dealkylation sites (N-methyl/N-ethyl adjacent to an activating group) is 1. The molecule has 2 N–H and O–H groups in total. The van der Waals surface area contributed by atoms with Crippen LogP contribution in [-0.2, 0) is 9.59 Å². The molecule has 0 saturated carbocycles. The number of nitrogens with zero attached hydrogens (tertiary/aromatic N) is 2. The van der Waals surface area contributed by atoms with E-state index in [2.05, 4.69) is 5.32 Å². The van der Waals surface area contributed by atoms with Gasteiger partial charge in [0.2, 0.25) is 11.8 Å². The van der Waals surface area contributed by atoms with E-state index in [-0.39, 0.29) is 55.9 Å². The Morgan fingerprint density at radius 3 is 2.55 bits per heavy atom. The fourth-order valence-electron chi connectivity index (χ4n) is 1.91. The molecule has 1 aliphatic heterocycles. The van der Waals surface area contributed by atoms with Gasteiger partial charge in [-0.25, -0.2) is 4.79 Å². The summed E-state index contributed by atoms with van der Waals surface area (Å²) in [5.74, 6) is -0.361. The maximum Gasteiger partial charge on any atom is 0.326 e. The summed E-state index contributed by atoms with van der Waals surface area (Å²) >= 11 is 0. The maximum absolute atomic E-state index is 11.7. The molecule has 2 unspecified atom stereocenters. The van der Waals surface area contributed by atoms with Gasteiger partial charge in [0.1, 0.15) is 6.54 Å². The van der Waals surface area contributed by atoms with Crippen molar-refractivity contribution in [2.75, 3.05) is 26.7 Å². The van der Waals surface area contributed by atoms with Gasteiger partial charge in [-0.3, -0.25) is 14.5 Å². The lowest BCUT2D eigenvalue weighted by atomic mass is 10.1. The number of aliphatic hydroxyl groups excluding tert-OH is 1. The second-order valence-corrected chi connectivity index (χ2v) is 5.30. The molecule has 20 heavy (non-hydrogen) atoms. The first-order chi connectivity index (χ1) is 9.36. The molecule has 1 rings (SSSR count). The van der Waals surface area contributed by atoms with Crippen LogP contribution in [0.2, 0.25) is 0 Å². The van der Waals surface area contributed by atoms with Gasteiger partial charge in [-0.05, 0) is 19.3 Å². The largest absolute Gasteiger partial charge is 0.396 e. The molecule has 0 aromatic rings. The van der Waals surface area contributed by atoms with Gasteiger partial charge in [-0.1, -0.05) is 6.92 Å². The maximum atomic E-state index is 11.7. The predicted octanol–water partition coefficient (Wildman–Crippen LogP) is -0.206. The minimum Gasteiger partial charge on any atom is -0.396 e. The van der Waals surface area contributed by atoms with Crippen LogP contribution in [0.15, 0.2) is 0 Å². The standard InChI is InChI=1S/C13H23N3O4/c1-9(8-17)10(2)14-11(18)5-4-6-16-12(19)7-15(3)13(16)20/h9-10,17H,4-8H2,1-3H3,(H,14,18).